The fourth-order valence-electron chi connectivity index (χ4n) is 2.26. The van der Waals surface area contributed by atoms with Crippen LogP contribution in [-0.4, -0.2) is 23.6 Å². The smallest absolute Gasteiger partial charge is 0.227 e. The van der Waals surface area contributed by atoms with Crippen molar-refractivity contribution in [3.8, 4) is 0 Å². The predicted molar refractivity (Wildman–Crippen MR) is 65.2 cm³/mol. The van der Waals surface area contributed by atoms with E-state index < -0.39 is 9.84 Å². The highest BCUT2D eigenvalue weighted by atomic mass is 32.2. The van der Waals surface area contributed by atoms with Crippen LogP contribution in [0.4, 0.5) is 0 Å². The lowest BCUT2D eigenvalue weighted by molar-refractivity contribution is 0.412. The van der Waals surface area contributed by atoms with Crippen LogP contribution in [0.3, 0.4) is 0 Å². The van der Waals surface area contributed by atoms with Crippen molar-refractivity contribution in [2.75, 3.05) is 0 Å². The first kappa shape index (κ1) is 12.2. The molecule has 0 aliphatic heterocycles. The van der Waals surface area contributed by atoms with Crippen molar-refractivity contribution in [3.63, 3.8) is 0 Å². The van der Waals surface area contributed by atoms with Crippen molar-refractivity contribution in [2.45, 2.75) is 36.1 Å². The van der Waals surface area contributed by atoms with E-state index in [1.54, 1.807) is 6.07 Å². The van der Waals surface area contributed by atoms with Gasteiger partial charge in [0.05, 0.1) is 5.25 Å². The minimum absolute atomic E-state index is 0.0466. The molecule has 0 radical (unpaired) electrons. The summed E-state index contributed by atoms with van der Waals surface area (Å²) in [6.45, 7) is 3.75. The number of allylic oxidation sites excluding steroid dienone is 1. The zero-order valence-corrected chi connectivity index (χ0v) is 10.4. The molecule has 1 aliphatic carbocycles. The van der Waals surface area contributed by atoms with Gasteiger partial charge in [-0.25, -0.2) is 18.4 Å². The zero-order chi connectivity index (χ0) is 12.3. The van der Waals surface area contributed by atoms with Gasteiger partial charge in [0.15, 0.2) is 0 Å². The van der Waals surface area contributed by atoms with Crippen molar-refractivity contribution in [3.05, 3.63) is 31.1 Å². The molecule has 4 nitrogen and oxygen atoms in total. The summed E-state index contributed by atoms with van der Waals surface area (Å²) < 4.78 is 24.6. The van der Waals surface area contributed by atoms with Crippen LogP contribution in [0.5, 0.6) is 0 Å². The normalized spacial score (nSPS) is 25.4. The lowest BCUT2D eigenvalue weighted by Crippen LogP contribution is -2.28. The highest BCUT2D eigenvalue weighted by Crippen LogP contribution is 2.31. The number of rotatable bonds is 3. The molecule has 0 N–H and O–H groups in total. The standard InChI is InChI=1S/C12H16N2O2S/c1-2-10-5-3-6-11(9-10)17(15,16)12-13-7-4-8-14-12/h2,4,7-8,10-11H,1,3,5-6,9H2/t10-,11-/m1/s1. The maximum Gasteiger partial charge on any atom is 0.247 e. The zero-order valence-electron chi connectivity index (χ0n) is 9.62. The van der Waals surface area contributed by atoms with Gasteiger partial charge < -0.3 is 0 Å². The van der Waals surface area contributed by atoms with Crippen molar-refractivity contribution < 1.29 is 8.42 Å². The van der Waals surface area contributed by atoms with Crippen molar-refractivity contribution >= 4 is 9.84 Å². The van der Waals surface area contributed by atoms with Gasteiger partial charge >= 0.3 is 0 Å². The number of aromatic nitrogens is 2. The molecule has 5 heteroatoms. The van der Waals surface area contributed by atoms with Gasteiger partial charge in [-0.05, 0) is 31.2 Å². The molecular weight excluding hydrogens is 236 g/mol. The topological polar surface area (TPSA) is 59.9 Å². The summed E-state index contributed by atoms with van der Waals surface area (Å²) in [7, 11) is -3.38. The summed E-state index contributed by atoms with van der Waals surface area (Å²) >= 11 is 0. The van der Waals surface area contributed by atoms with Crippen LogP contribution in [-0.2, 0) is 9.84 Å². The lowest BCUT2D eigenvalue weighted by Gasteiger charge is -2.26. The number of hydrogen-bond donors (Lipinski definition) is 0. The molecular formula is C12H16N2O2S. The Hall–Kier alpha value is -1.23. The van der Waals surface area contributed by atoms with E-state index in [9.17, 15) is 8.42 Å². The Bertz CT molecular complexity index is 484. The quantitative estimate of drug-likeness (QED) is 0.610. The molecule has 2 rings (SSSR count). The van der Waals surface area contributed by atoms with E-state index in [2.05, 4.69) is 16.5 Å². The Balaban J connectivity index is 2.24. The second-order valence-electron chi connectivity index (χ2n) is 4.36. The molecule has 1 aromatic rings. The van der Waals surface area contributed by atoms with Gasteiger partial charge in [0.25, 0.3) is 0 Å². The first-order valence-electron chi connectivity index (χ1n) is 5.78. The van der Waals surface area contributed by atoms with E-state index in [-0.39, 0.29) is 10.4 Å². The summed E-state index contributed by atoms with van der Waals surface area (Å²) in [6.07, 6.45) is 8.09. The Labute approximate surface area is 102 Å². The average Bonchev–Trinajstić information content (AvgIpc) is 2.40. The number of nitrogens with zero attached hydrogens (tertiary/aromatic N) is 2. The molecule has 17 heavy (non-hydrogen) atoms. The predicted octanol–water partition coefficient (Wildman–Crippen LogP) is 2.00. The van der Waals surface area contributed by atoms with Crippen molar-refractivity contribution in [1.29, 1.82) is 0 Å². The van der Waals surface area contributed by atoms with Crippen LogP contribution in [0.15, 0.2) is 36.3 Å². The maximum absolute atomic E-state index is 12.3. The van der Waals surface area contributed by atoms with Crippen molar-refractivity contribution in [1.82, 2.24) is 9.97 Å². The summed E-state index contributed by atoms with van der Waals surface area (Å²) in [5.74, 6) is 0.298. The van der Waals surface area contributed by atoms with Gasteiger partial charge in [-0.2, -0.15) is 0 Å². The molecule has 0 bridgehead atoms. The fourth-order valence-corrected chi connectivity index (χ4v) is 3.95. The highest BCUT2D eigenvalue weighted by molar-refractivity contribution is 7.91. The Morgan fingerprint density at radius 2 is 2.00 bits per heavy atom. The monoisotopic (exact) mass is 252 g/mol. The molecule has 1 fully saturated rings. The van der Waals surface area contributed by atoms with Crippen molar-refractivity contribution in [2.24, 2.45) is 5.92 Å². The van der Waals surface area contributed by atoms with Crippen LogP contribution in [0, 0.1) is 5.92 Å². The van der Waals surface area contributed by atoms with Crippen LogP contribution < -0.4 is 0 Å². The minimum atomic E-state index is -3.38. The molecule has 1 saturated carbocycles. The fraction of sp³-hybridized carbons (Fsp3) is 0.500. The van der Waals surface area contributed by atoms with E-state index in [1.807, 2.05) is 6.08 Å². The van der Waals surface area contributed by atoms with Gasteiger partial charge in [-0.1, -0.05) is 12.5 Å². The van der Waals surface area contributed by atoms with Gasteiger partial charge in [0.2, 0.25) is 15.0 Å². The second-order valence-corrected chi connectivity index (χ2v) is 6.48. The summed E-state index contributed by atoms with van der Waals surface area (Å²) in [5, 5.41) is -0.406. The van der Waals surface area contributed by atoms with Crippen LogP contribution in [0.2, 0.25) is 0 Å². The third-order valence-electron chi connectivity index (χ3n) is 3.24. The Kier molecular flexibility index (Phi) is 3.57. The van der Waals surface area contributed by atoms with Gasteiger partial charge in [-0.3, -0.25) is 0 Å². The van der Waals surface area contributed by atoms with Crippen LogP contribution in [0.25, 0.3) is 0 Å². The summed E-state index contributed by atoms with van der Waals surface area (Å²) in [6, 6.07) is 1.62. The molecule has 1 aliphatic rings. The van der Waals surface area contributed by atoms with Gasteiger partial charge in [0, 0.05) is 12.4 Å². The largest absolute Gasteiger partial charge is 0.247 e. The molecule has 1 aromatic heterocycles. The molecule has 0 unspecified atom stereocenters. The molecule has 0 amide bonds. The second kappa shape index (κ2) is 4.96. The van der Waals surface area contributed by atoms with E-state index in [1.165, 1.54) is 12.4 Å². The first-order chi connectivity index (χ1) is 8.14. The minimum Gasteiger partial charge on any atom is -0.227 e. The molecule has 0 saturated heterocycles. The number of hydrogen-bond acceptors (Lipinski definition) is 4. The maximum atomic E-state index is 12.3. The lowest BCUT2D eigenvalue weighted by atomic mass is 9.89. The molecule has 1 heterocycles. The first-order valence-corrected chi connectivity index (χ1v) is 7.32. The third-order valence-corrected chi connectivity index (χ3v) is 5.26. The Morgan fingerprint density at radius 1 is 1.29 bits per heavy atom. The van der Waals surface area contributed by atoms with Crippen LogP contribution >= 0.6 is 0 Å². The summed E-state index contributed by atoms with van der Waals surface area (Å²) in [5.41, 5.74) is 0. The van der Waals surface area contributed by atoms with E-state index >= 15 is 0 Å². The van der Waals surface area contributed by atoms with E-state index in [0.29, 0.717) is 18.8 Å². The Morgan fingerprint density at radius 3 is 2.65 bits per heavy atom. The molecule has 2 atom stereocenters. The molecule has 0 spiro atoms. The SMILES string of the molecule is C=C[C@@H]1CCC[C@@H](S(=O)(=O)c2ncccn2)C1. The van der Waals surface area contributed by atoms with Gasteiger partial charge in [-0.15, -0.1) is 6.58 Å². The van der Waals surface area contributed by atoms with Gasteiger partial charge in [0.1, 0.15) is 0 Å². The molecule has 0 aromatic carbocycles. The number of sulfone groups is 1. The van der Waals surface area contributed by atoms with E-state index in [0.717, 1.165) is 12.8 Å². The summed E-state index contributed by atoms with van der Waals surface area (Å²) in [4.78, 5) is 7.70. The average molecular weight is 252 g/mol. The molecule has 92 valence electrons. The van der Waals surface area contributed by atoms with Crippen LogP contribution in [0.1, 0.15) is 25.7 Å². The highest BCUT2D eigenvalue weighted by Gasteiger charge is 2.33. The van der Waals surface area contributed by atoms with E-state index in [4.69, 9.17) is 0 Å². The third kappa shape index (κ3) is 2.54.